The molecule has 2 aliphatic heterocycles. The SMILES string of the molecule is O=[C]N1CCCCC1N1CCCC1=O. The maximum absolute atomic E-state index is 11.5. The molecule has 2 aliphatic rings. The number of hydrogen-bond acceptors (Lipinski definition) is 2. The van der Waals surface area contributed by atoms with E-state index in [1.165, 1.54) is 0 Å². The molecule has 0 N–H and O–H groups in total. The lowest BCUT2D eigenvalue weighted by atomic mass is 10.1. The van der Waals surface area contributed by atoms with Crippen molar-refractivity contribution in [3.8, 4) is 0 Å². The monoisotopic (exact) mass is 195 g/mol. The van der Waals surface area contributed by atoms with Gasteiger partial charge in [0.2, 0.25) is 5.91 Å². The maximum Gasteiger partial charge on any atom is 0.313 e. The topological polar surface area (TPSA) is 40.6 Å². The molecule has 0 aromatic heterocycles. The first kappa shape index (κ1) is 9.49. The minimum atomic E-state index is -0.00347. The predicted molar refractivity (Wildman–Crippen MR) is 51.0 cm³/mol. The Balaban J connectivity index is 2.06. The van der Waals surface area contributed by atoms with Gasteiger partial charge < -0.3 is 9.80 Å². The molecule has 0 saturated carbocycles. The minimum Gasteiger partial charge on any atom is -0.322 e. The number of carbonyl (C=O) groups excluding carboxylic acids is 2. The molecule has 2 saturated heterocycles. The molecule has 1 unspecified atom stereocenters. The fourth-order valence-electron chi connectivity index (χ4n) is 2.33. The van der Waals surface area contributed by atoms with Gasteiger partial charge >= 0.3 is 6.41 Å². The minimum absolute atomic E-state index is 0.00347. The van der Waals surface area contributed by atoms with Crippen molar-refractivity contribution >= 4 is 12.3 Å². The Morgan fingerprint density at radius 2 is 2.07 bits per heavy atom. The number of amides is 2. The van der Waals surface area contributed by atoms with Gasteiger partial charge in [-0.05, 0) is 25.7 Å². The summed E-state index contributed by atoms with van der Waals surface area (Å²) in [5, 5.41) is 0. The van der Waals surface area contributed by atoms with Crippen molar-refractivity contribution < 1.29 is 9.59 Å². The first-order valence-corrected chi connectivity index (χ1v) is 5.27. The van der Waals surface area contributed by atoms with Crippen LogP contribution in [0.15, 0.2) is 0 Å². The van der Waals surface area contributed by atoms with E-state index in [0.717, 1.165) is 38.8 Å². The third-order valence-corrected chi connectivity index (χ3v) is 3.06. The van der Waals surface area contributed by atoms with Gasteiger partial charge in [-0.1, -0.05) is 0 Å². The van der Waals surface area contributed by atoms with Gasteiger partial charge in [0.1, 0.15) is 6.17 Å². The third-order valence-electron chi connectivity index (χ3n) is 3.06. The Morgan fingerprint density at radius 1 is 1.21 bits per heavy atom. The average molecular weight is 195 g/mol. The van der Waals surface area contributed by atoms with E-state index in [0.29, 0.717) is 6.42 Å². The molecule has 2 fully saturated rings. The molecule has 0 aromatic carbocycles. The molecule has 77 valence electrons. The summed E-state index contributed by atoms with van der Waals surface area (Å²) in [4.78, 5) is 25.7. The van der Waals surface area contributed by atoms with Gasteiger partial charge in [0.05, 0.1) is 0 Å². The fraction of sp³-hybridized carbons (Fsp3) is 0.800. The summed E-state index contributed by atoms with van der Waals surface area (Å²) >= 11 is 0. The highest BCUT2D eigenvalue weighted by molar-refractivity contribution is 5.78. The van der Waals surface area contributed by atoms with Crippen molar-refractivity contribution in [1.82, 2.24) is 9.80 Å². The van der Waals surface area contributed by atoms with Gasteiger partial charge in [-0.3, -0.25) is 9.59 Å². The predicted octanol–water partition coefficient (Wildman–Crippen LogP) is 0.488. The Kier molecular flexibility index (Phi) is 2.70. The first-order valence-electron chi connectivity index (χ1n) is 5.27. The molecule has 0 aromatic rings. The van der Waals surface area contributed by atoms with Crippen LogP contribution < -0.4 is 0 Å². The summed E-state index contributed by atoms with van der Waals surface area (Å²) < 4.78 is 0. The van der Waals surface area contributed by atoms with Gasteiger partial charge in [-0.2, -0.15) is 0 Å². The molecule has 0 spiro atoms. The molecule has 0 bridgehead atoms. The van der Waals surface area contributed by atoms with Gasteiger partial charge in [0.25, 0.3) is 0 Å². The van der Waals surface area contributed by atoms with Gasteiger partial charge in [0, 0.05) is 19.5 Å². The van der Waals surface area contributed by atoms with Crippen molar-refractivity contribution in [3.63, 3.8) is 0 Å². The summed E-state index contributed by atoms with van der Waals surface area (Å²) in [6.07, 6.45) is 6.57. The quantitative estimate of drug-likeness (QED) is 0.643. The molecule has 2 amide bonds. The van der Waals surface area contributed by atoms with E-state index in [2.05, 4.69) is 0 Å². The van der Waals surface area contributed by atoms with E-state index in [9.17, 15) is 9.59 Å². The lowest BCUT2D eigenvalue weighted by molar-refractivity contribution is -0.132. The molecule has 1 radical (unpaired) electrons. The van der Waals surface area contributed by atoms with Crippen LogP contribution in [0, 0.1) is 0 Å². The zero-order chi connectivity index (χ0) is 9.97. The van der Waals surface area contributed by atoms with Gasteiger partial charge in [-0.25, -0.2) is 0 Å². The number of piperidine rings is 1. The Labute approximate surface area is 83.9 Å². The maximum atomic E-state index is 11.5. The van der Waals surface area contributed by atoms with Crippen molar-refractivity contribution in [3.05, 3.63) is 0 Å². The van der Waals surface area contributed by atoms with E-state index < -0.39 is 0 Å². The van der Waals surface area contributed by atoms with Crippen LogP contribution >= 0.6 is 0 Å². The normalized spacial score (nSPS) is 28.3. The van der Waals surface area contributed by atoms with Crippen molar-refractivity contribution in [2.45, 2.75) is 38.3 Å². The fourth-order valence-corrected chi connectivity index (χ4v) is 2.33. The van der Waals surface area contributed by atoms with Crippen molar-refractivity contribution in [1.29, 1.82) is 0 Å². The van der Waals surface area contributed by atoms with E-state index in [1.807, 2.05) is 11.3 Å². The van der Waals surface area contributed by atoms with Crippen LogP contribution in [0.2, 0.25) is 0 Å². The van der Waals surface area contributed by atoms with E-state index in [1.54, 1.807) is 4.90 Å². The van der Waals surface area contributed by atoms with Crippen LogP contribution in [0.3, 0.4) is 0 Å². The molecule has 2 rings (SSSR count). The zero-order valence-electron chi connectivity index (χ0n) is 8.24. The molecule has 4 nitrogen and oxygen atoms in total. The number of rotatable bonds is 2. The molecule has 0 aliphatic carbocycles. The number of likely N-dealkylation sites (tertiary alicyclic amines) is 2. The largest absolute Gasteiger partial charge is 0.322 e. The third kappa shape index (κ3) is 1.61. The molecule has 4 heteroatoms. The molecular weight excluding hydrogens is 180 g/mol. The van der Waals surface area contributed by atoms with Crippen LogP contribution in [0.25, 0.3) is 0 Å². The highest BCUT2D eigenvalue weighted by Crippen LogP contribution is 2.23. The van der Waals surface area contributed by atoms with Crippen LogP contribution in [-0.4, -0.2) is 41.4 Å². The van der Waals surface area contributed by atoms with Crippen molar-refractivity contribution in [2.24, 2.45) is 0 Å². The van der Waals surface area contributed by atoms with E-state index in [4.69, 9.17) is 0 Å². The highest BCUT2D eigenvalue weighted by atomic mass is 16.2. The smallest absolute Gasteiger partial charge is 0.313 e. The van der Waals surface area contributed by atoms with Crippen LogP contribution in [0.5, 0.6) is 0 Å². The highest BCUT2D eigenvalue weighted by Gasteiger charge is 2.33. The number of nitrogens with zero attached hydrogens (tertiary/aromatic N) is 2. The Morgan fingerprint density at radius 3 is 2.71 bits per heavy atom. The summed E-state index contributed by atoms with van der Waals surface area (Å²) in [5.41, 5.74) is 0. The lowest BCUT2D eigenvalue weighted by Gasteiger charge is -2.38. The summed E-state index contributed by atoms with van der Waals surface area (Å²) in [6.45, 7) is 1.56. The van der Waals surface area contributed by atoms with E-state index >= 15 is 0 Å². The second-order valence-electron chi connectivity index (χ2n) is 3.95. The standard InChI is InChI=1S/C10H15N2O2/c13-8-11-6-2-1-4-9(11)12-7-3-5-10(12)14/h9H,1-7H2. The lowest BCUT2D eigenvalue weighted by Crippen LogP contribution is -2.50. The van der Waals surface area contributed by atoms with Crippen LogP contribution in [0.1, 0.15) is 32.1 Å². The summed E-state index contributed by atoms with van der Waals surface area (Å²) in [7, 11) is 0. The molecular formula is C10H15N2O2. The molecule has 14 heavy (non-hydrogen) atoms. The molecule has 1 atom stereocenters. The molecule has 2 heterocycles. The summed E-state index contributed by atoms with van der Waals surface area (Å²) in [5.74, 6) is 0.192. The van der Waals surface area contributed by atoms with Gasteiger partial charge in [-0.15, -0.1) is 0 Å². The van der Waals surface area contributed by atoms with E-state index in [-0.39, 0.29) is 12.1 Å². The van der Waals surface area contributed by atoms with Crippen molar-refractivity contribution in [2.75, 3.05) is 13.1 Å². The zero-order valence-corrected chi connectivity index (χ0v) is 8.24. The second kappa shape index (κ2) is 3.98. The van der Waals surface area contributed by atoms with Crippen LogP contribution in [0.4, 0.5) is 0 Å². The second-order valence-corrected chi connectivity index (χ2v) is 3.95. The average Bonchev–Trinajstić information content (AvgIpc) is 2.64. The number of hydrogen-bond donors (Lipinski definition) is 0. The number of carbonyl (C=O) groups is 1. The van der Waals surface area contributed by atoms with Gasteiger partial charge in [0.15, 0.2) is 0 Å². The summed E-state index contributed by atoms with van der Waals surface area (Å²) in [6, 6.07) is 0. The Bertz CT molecular complexity index is 242. The Hall–Kier alpha value is -1.06. The first-order chi connectivity index (χ1) is 6.83. The van der Waals surface area contributed by atoms with Crippen LogP contribution in [-0.2, 0) is 9.59 Å².